The molecule has 2 rings (SSSR count). The molecule has 0 radical (unpaired) electrons. The topological polar surface area (TPSA) is 46.3 Å². The molecular formula is C10H18N2OS. The maximum atomic E-state index is 11.2. The first kappa shape index (κ1) is 10.3. The lowest BCUT2D eigenvalue weighted by molar-refractivity contribution is -0.122. The summed E-state index contributed by atoms with van der Waals surface area (Å²) in [6.45, 7) is 2.13. The van der Waals surface area contributed by atoms with Crippen LogP contribution in [0, 0.1) is 0 Å². The molecule has 2 aliphatic heterocycles. The Morgan fingerprint density at radius 2 is 2.29 bits per heavy atom. The van der Waals surface area contributed by atoms with Crippen LogP contribution in [-0.2, 0) is 4.79 Å². The van der Waals surface area contributed by atoms with Gasteiger partial charge in [-0.25, -0.2) is 0 Å². The summed E-state index contributed by atoms with van der Waals surface area (Å²) in [5.41, 5.74) is 5.37. The molecule has 0 aromatic carbocycles. The highest BCUT2D eigenvalue weighted by molar-refractivity contribution is 8.00. The molecule has 14 heavy (non-hydrogen) atoms. The third-order valence-electron chi connectivity index (χ3n) is 3.15. The zero-order valence-corrected chi connectivity index (χ0v) is 9.26. The van der Waals surface area contributed by atoms with Crippen LogP contribution in [0.5, 0.6) is 0 Å². The summed E-state index contributed by atoms with van der Waals surface area (Å²) in [7, 11) is 0. The summed E-state index contributed by atoms with van der Waals surface area (Å²) in [6.07, 6.45) is 4.74. The van der Waals surface area contributed by atoms with E-state index in [9.17, 15) is 4.79 Å². The SMILES string of the molecule is NC(=O)C1CCCN1CC1CCCS1. The van der Waals surface area contributed by atoms with Crippen LogP contribution in [-0.4, -0.2) is 40.9 Å². The lowest BCUT2D eigenvalue weighted by atomic mass is 10.2. The summed E-state index contributed by atoms with van der Waals surface area (Å²) in [6, 6.07) is 0.0243. The summed E-state index contributed by atoms with van der Waals surface area (Å²) in [5.74, 6) is 1.16. The fourth-order valence-corrected chi connectivity index (χ4v) is 3.71. The van der Waals surface area contributed by atoms with Gasteiger partial charge in [0.2, 0.25) is 5.91 Å². The van der Waals surface area contributed by atoms with Gasteiger partial charge in [-0.1, -0.05) is 0 Å². The molecule has 2 aliphatic rings. The van der Waals surface area contributed by atoms with Gasteiger partial charge in [0.05, 0.1) is 6.04 Å². The average molecular weight is 214 g/mol. The van der Waals surface area contributed by atoms with Crippen molar-refractivity contribution >= 4 is 17.7 Å². The van der Waals surface area contributed by atoms with Crippen molar-refractivity contribution in [3.8, 4) is 0 Å². The standard InChI is InChI=1S/C10H18N2OS/c11-10(13)9-4-1-5-12(9)7-8-3-2-6-14-8/h8-9H,1-7H2,(H2,11,13). The molecule has 4 heteroatoms. The third-order valence-corrected chi connectivity index (χ3v) is 4.53. The molecule has 0 saturated carbocycles. The lowest BCUT2D eigenvalue weighted by Crippen LogP contribution is -2.42. The fourth-order valence-electron chi connectivity index (χ4n) is 2.42. The number of nitrogens with two attached hydrogens (primary N) is 1. The average Bonchev–Trinajstić information content (AvgIpc) is 2.75. The zero-order valence-electron chi connectivity index (χ0n) is 8.45. The first-order valence-electron chi connectivity index (χ1n) is 5.42. The second-order valence-electron chi connectivity index (χ2n) is 4.19. The maximum absolute atomic E-state index is 11.2. The molecule has 2 fully saturated rings. The first-order valence-corrected chi connectivity index (χ1v) is 6.47. The number of amides is 1. The molecule has 2 N–H and O–H groups in total. The molecule has 0 aromatic heterocycles. The highest BCUT2D eigenvalue weighted by Crippen LogP contribution is 2.29. The number of hydrogen-bond donors (Lipinski definition) is 1. The molecule has 80 valence electrons. The molecule has 0 aromatic rings. The Balaban J connectivity index is 1.86. The highest BCUT2D eigenvalue weighted by atomic mass is 32.2. The summed E-state index contributed by atoms with van der Waals surface area (Å²) >= 11 is 2.05. The predicted octanol–water partition coefficient (Wildman–Crippen LogP) is 0.832. The molecule has 2 atom stereocenters. The number of rotatable bonds is 3. The van der Waals surface area contributed by atoms with Crippen LogP contribution >= 0.6 is 11.8 Å². The monoisotopic (exact) mass is 214 g/mol. The highest BCUT2D eigenvalue weighted by Gasteiger charge is 2.31. The van der Waals surface area contributed by atoms with Crippen LogP contribution in [0.2, 0.25) is 0 Å². The van der Waals surface area contributed by atoms with E-state index in [0.29, 0.717) is 0 Å². The minimum atomic E-state index is -0.134. The zero-order chi connectivity index (χ0) is 9.97. The largest absolute Gasteiger partial charge is 0.368 e. The minimum absolute atomic E-state index is 0.0243. The number of carbonyl (C=O) groups excluding carboxylic acids is 1. The lowest BCUT2D eigenvalue weighted by Gasteiger charge is -2.24. The van der Waals surface area contributed by atoms with Crippen molar-refractivity contribution in [3.05, 3.63) is 0 Å². The number of likely N-dealkylation sites (tertiary alicyclic amines) is 1. The first-order chi connectivity index (χ1) is 6.77. The maximum Gasteiger partial charge on any atom is 0.234 e. The van der Waals surface area contributed by atoms with Gasteiger partial charge in [-0.2, -0.15) is 11.8 Å². The van der Waals surface area contributed by atoms with Gasteiger partial charge < -0.3 is 5.73 Å². The van der Waals surface area contributed by atoms with Crippen molar-refractivity contribution < 1.29 is 4.79 Å². The second kappa shape index (κ2) is 4.53. The van der Waals surface area contributed by atoms with Gasteiger partial charge in [0, 0.05) is 11.8 Å². The van der Waals surface area contributed by atoms with Crippen LogP contribution in [0.1, 0.15) is 25.7 Å². The summed E-state index contributed by atoms with van der Waals surface area (Å²) < 4.78 is 0. The van der Waals surface area contributed by atoms with Gasteiger partial charge in [0.15, 0.2) is 0 Å². The van der Waals surface area contributed by atoms with Crippen molar-refractivity contribution in [1.82, 2.24) is 4.90 Å². The van der Waals surface area contributed by atoms with E-state index in [1.807, 2.05) is 11.8 Å². The Morgan fingerprint density at radius 3 is 2.93 bits per heavy atom. The van der Waals surface area contributed by atoms with Crippen LogP contribution in [0.15, 0.2) is 0 Å². The van der Waals surface area contributed by atoms with Crippen LogP contribution in [0.3, 0.4) is 0 Å². The van der Waals surface area contributed by atoms with Crippen molar-refractivity contribution in [2.45, 2.75) is 37.0 Å². The number of thioether (sulfide) groups is 1. The smallest absolute Gasteiger partial charge is 0.234 e. The number of carbonyl (C=O) groups is 1. The summed E-state index contributed by atoms with van der Waals surface area (Å²) in [4.78, 5) is 13.4. The van der Waals surface area contributed by atoms with E-state index in [2.05, 4.69) is 4.90 Å². The Hall–Kier alpha value is -0.220. The molecule has 0 spiro atoms. The molecule has 0 bridgehead atoms. The van der Waals surface area contributed by atoms with Crippen molar-refractivity contribution in [3.63, 3.8) is 0 Å². The molecule has 2 saturated heterocycles. The molecule has 1 amide bonds. The normalized spacial score (nSPS) is 33.7. The van der Waals surface area contributed by atoms with Crippen molar-refractivity contribution in [2.24, 2.45) is 5.73 Å². The van der Waals surface area contributed by atoms with Gasteiger partial charge in [-0.05, 0) is 38.0 Å². The van der Waals surface area contributed by atoms with Crippen LogP contribution in [0.4, 0.5) is 0 Å². The Labute approximate surface area is 89.4 Å². The van der Waals surface area contributed by atoms with Crippen LogP contribution in [0.25, 0.3) is 0 Å². The van der Waals surface area contributed by atoms with E-state index in [1.54, 1.807) is 0 Å². The quantitative estimate of drug-likeness (QED) is 0.757. The van der Waals surface area contributed by atoms with E-state index >= 15 is 0 Å². The van der Waals surface area contributed by atoms with Gasteiger partial charge in [0.25, 0.3) is 0 Å². The number of hydrogen-bond acceptors (Lipinski definition) is 3. The molecule has 2 heterocycles. The van der Waals surface area contributed by atoms with E-state index in [-0.39, 0.29) is 11.9 Å². The minimum Gasteiger partial charge on any atom is -0.368 e. The van der Waals surface area contributed by atoms with E-state index < -0.39 is 0 Å². The van der Waals surface area contributed by atoms with Gasteiger partial charge >= 0.3 is 0 Å². The predicted molar refractivity (Wildman–Crippen MR) is 59.3 cm³/mol. The fraction of sp³-hybridized carbons (Fsp3) is 0.900. The van der Waals surface area contributed by atoms with Gasteiger partial charge in [-0.15, -0.1) is 0 Å². The van der Waals surface area contributed by atoms with Crippen molar-refractivity contribution in [2.75, 3.05) is 18.8 Å². The van der Waals surface area contributed by atoms with E-state index in [0.717, 1.165) is 31.2 Å². The molecule has 0 aliphatic carbocycles. The Kier molecular flexibility index (Phi) is 3.34. The van der Waals surface area contributed by atoms with E-state index in [4.69, 9.17) is 5.73 Å². The van der Waals surface area contributed by atoms with Gasteiger partial charge in [0.1, 0.15) is 0 Å². The van der Waals surface area contributed by atoms with Crippen LogP contribution < -0.4 is 5.73 Å². The Morgan fingerprint density at radius 1 is 1.43 bits per heavy atom. The van der Waals surface area contributed by atoms with E-state index in [1.165, 1.54) is 18.6 Å². The third kappa shape index (κ3) is 2.23. The second-order valence-corrected chi connectivity index (χ2v) is 5.60. The molecule has 3 nitrogen and oxygen atoms in total. The molecule has 2 unspecified atom stereocenters. The van der Waals surface area contributed by atoms with Crippen molar-refractivity contribution in [1.29, 1.82) is 0 Å². The Bertz CT molecular complexity index is 216. The number of nitrogens with zero attached hydrogens (tertiary/aromatic N) is 1. The summed E-state index contributed by atoms with van der Waals surface area (Å²) in [5, 5.41) is 0.745. The van der Waals surface area contributed by atoms with Gasteiger partial charge in [-0.3, -0.25) is 9.69 Å². The molecular weight excluding hydrogens is 196 g/mol. The number of primary amides is 1.